The van der Waals surface area contributed by atoms with Crippen molar-refractivity contribution < 1.29 is 23.8 Å². The summed E-state index contributed by atoms with van der Waals surface area (Å²) in [6.45, 7) is 3.86. The number of hydrogen-bond donors (Lipinski definition) is 1. The van der Waals surface area contributed by atoms with Gasteiger partial charge in [0.05, 0.1) is 31.1 Å². The number of ether oxygens (including phenoxy) is 1. The number of benzene rings is 1. The Balaban J connectivity index is 0.00000256. The zero-order valence-electron chi connectivity index (χ0n) is 16.1. The Morgan fingerprint density at radius 3 is 2.47 bits per heavy atom. The number of halogens is 2. The predicted octanol–water partition coefficient (Wildman–Crippen LogP) is 3.27. The van der Waals surface area contributed by atoms with E-state index in [0.717, 1.165) is 13.1 Å². The molecule has 0 radical (unpaired) electrons. The number of morpholine rings is 1. The summed E-state index contributed by atoms with van der Waals surface area (Å²) < 4.78 is 10.6. The molecule has 0 saturated carbocycles. The molecule has 1 aromatic carbocycles. The number of aliphatic hydroxyl groups excluding tert-OH is 1. The number of amides is 1. The first-order chi connectivity index (χ1) is 14.1. The van der Waals surface area contributed by atoms with Gasteiger partial charge in [0.1, 0.15) is 0 Å². The highest BCUT2D eigenvalue weighted by atomic mass is 35.5. The standard InChI is InChI=1S/C21H21ClN2O5.ClH/c22-15-5-3-14(4-6-15)18-17(19(25)16-2-1-11-29-16)20(26)21(27)24(18)8-7-23-9-12-28-13-10-23;/h1-6,11,18,26H,7-10,12-13H2;1H. The van der Waals surface area contributed by atoms with E-state index in [1.165, 1.54) is 17.2 Å². The van der Waals surface area contributed by atoms with Gasteiger partial charge in [-0.05, 0) is 29.8 Å². The van der Waals surface area contributed by atoms with E-state index < -0.39 is 23.5 Å². The largest absolute Gasteiger partial charge is 0.503 e. The summed E-state index contributed by atoms with van der Waals surface area (Å²) >= 11 is 6.01. The van der Waals surface area contributed by atoms with E-state index in [0.29, 0.717) is 36.9 Å². The zero-order chi connectivity index (χ0) is 20.4. The number of hydrogen-bond acceptors (Lipinski definition) is 6. The summed E-state index contributed by atoms with van der Waals surface area (Å²) in [6, 6.07) is 9.32. The fourth-order valence-corrected chi connectivity index (χ4v) is 3.85. The van der Waals surface area contributed by atoms with Crippen LogP contribution in [0.4, 0.5) is 0 Å². The highest BCUT2D eigenvalue weighted by Crippen LogP contribution is 2.39. The Bertz CT molecular complexity index is 921. The molecule has 2 aliphatic heterocycles. The lowest BCUT2D eigenvalue weighted by Crippen LogP contribution is -2.43. The summed E-state index contributed by atoms with van der Waals surface area (Å²) in [5, 5.41) is 11.1. The molecule has 1 atom stereocenters. The molecule has 2 aromatic rings. The number of rotatable bonds is 6. The van der Waals surface area contributed by atoms with Crippen molar-refractivity contribution in [1.82, 2.24) is 9.80 Å². The number of carbonyl (C=O) groups is 2. The van der Waals surface area contributed by atoms with Gasteiger partial charge in [-0.2, -0.15) is 0 Å². The van der Waals surface area contributed by atoms with Crippen molar-refractivity contribution in [3.63, 3.8) is 0 Å². The molecule has 30 heavy (non-hydrogen) atoms. The van der Waals surface area contributed by atoms with Gasteiger partial charge in [-0.3, -0.25) is 14.5 Å². The Morgan fingerprint density at radius 2 is 1.83 bits per heavy atom. The maximum atomic E-state index is 13.0. The van der Waals surface area contributed by atoms with Gasteiger partial charge in [0.25, 0.3) is 5.91 Å². The second-order valence-electron chi connectivity index (χ2n) is 6.98. The Labute approximate surface area is 185 Å². The van der Waals surface area contributed by atoms with E-state index in [1.807, 2.05) is 0 Å². The number of furan rings is 1. The zero-order valence-corrected chi connectivity index (χ0v) is 17.7. The van der Waals surface area contributed by atoms with Crippen molar-refractivity contribution in [1.29, 1.82) is 0 Å². The molecular weight excluding hydrogens is 431 g/mol. The second-order valence-corrected chi connectivity index (χ2v) is 7.41. The highest BCUT2D eigenvalue weighted by Gasteiger charge is 2.44. The van der Waals surface area contributed by atoms with Crippen molar-refractivity contribution in [2.45, 2.75) is 6.04 Å². The average Bonchev–Trinajstić information content (AvgIpc) is 3.36. The van der Waals surface area contributed by atoms with Crippen molar-refractivity contribution in [3.05, 3.63) is 70.3 Å². The third-order valence-corrected chi connectivity index (χ3v) is 5.49. The van der Waals surface area contributed by atoms with Crippen LogP contribution < -0.4 is 0 Å². The molecule has 1 saturated heterocycles. The Hall–Kier alpha value is -2.32. The van der Waals surface area contributed by atoms with Crippen LogP contribution >= 0.6 is 24.0 Å². The van der Waals surface area contributed by atoms with Crippen molar-refractivity contribution in [2.24, 2.45) is 0 Å². The lowest BCUT2D eigenvalue weighted by Gasteiger charge is -2.31. The molecule has 0 spiro atoms. The topological polar surface area (TPSA) is 83.2 Å². The summed E-state index contributed by atoms with van der Waals surface area (Å²) in [7, 11) is 0. The van der Waals surface area contributed by atoms with Gasteiger partial charge in [0.15, 0.2) is 11.5 Å². The van der Waals surface area contributed by atoms with Crippen LogP contribution in [0.1, 0.15) is 22.2 Å². The van der Waals surface area contributed by atoms with Gasteiger partial charge in [-0.25, -0.2) is 0 Å². The number of aliphatic hydroxyl groups is 1. The van der Waals surface area contributed by atoms with Crippen LogP contribution in [-0.4, -0.2) is 66.0 Å². The molecule has 4 rings (SSSR count). The minimum absolute atomic E-state index is 0. The maximum Gasteiger partial charge on any atom is 0.290 e. The molecule has 0 aliphatic carbocycles. The quantitative estimate of drug-likeness (QED) is 0.677. The summed E-state index contributed by atoms with van der Waals surface area (Å²) in [6.07, 6.45) is 1.38. The van der Waals surface area contributed by atoms with Crippen molar-refractivity contribution >= 4 is 35.7 Å². The van der Waals surface area contributed by atoms with Crippen LogP contribution in [0.3, 0.4) is 0 Å². The van der Waals surface area contributed by atoms with E-state index in [9.17, 15) is 14.7 Å². The molecule has 3 heterocycles. The number of ketones is 1. The molecule has 2 aliphatic rings. The van der Waals surface area contributed by atoms with Crippen LogP contribution in [0.15, 0.2) is 58.4 Å². The lowest BCUT2D eigenvalue weighted by molar-refractivity contribution is -0.129. The molecule has 9 heteroatoms. The number of Topliss-reactive ketones (excluding diaryl/α,β-unsaturated/α-hetero) is 1. The van der Waals surface area contributed by atoms with Crippen molar-refractivity contribution in [3.8, 4) is 0 Å². The molecular formula is C21H22Cl2N2O5. The summed E-state index contributed by atoms with van der Waals surface area (Å²) in [4.78, 5) is 29.6. The first-order valence-electron chi connectivity index (χ1n) is 9.44. The van der Waals surface area contributed by atoms with E-state index in [4.69, 9.17) is 20.8 Å². The van der Waals surface area contributed by atoms with Crippen LogP contribution in [-0.2, 0) is 9.53 Å². The van der Waals surface area contributed by atoms with E-state index in [-0.39, 0.29) is 23.7 Å². The Kier molecular flexibility index (Phi) is 7.20. The maximum absolute atomic E-state index is 13.0. The average molecular weight is 453 g/mol. The van der Waals surface area contributed by atoms with Gasteiger partial charge >= 0.3 is 0 Å². The number of nitrogens with zero attached hydrogens (tertiary/aromatic N) is 2. The van der Waals surface area contributed by atoms with Crippen molar-refractivity contribution in [2.75, 3.05) is 39.4 Å². The fourth-order valence-electron chi connectivity index (χ4n) is 3.72. The van der Waals surface area contributed by atoms with Gasteiger partial charge in [0, 0.05) is 31.2 Å². The summed E-state index contributed by atoms with van der Waals surface area (Å²) in [5.74, 6) is -1.52. The summed E-state index contributed by atoms with van der Waals surface area (Å²) in [5.41, 5.74) is 0.720. The van der Waals surface area contributed by atoms with Crippen LogP contribution in [0.2, 0.25) is 5.02 Å². The molecule has 7 nitrogen and oxygen atoms in total. The van der Waals surface area contributed by atoms with E-state index in [1.54, 1.807) is 30.3 Å². The third kappa shape index (κ3) is 4.39. The first kappa shape index (κ1) is 22.4. The van der Waals surface area contributed by atoms with Gasteiger partial charge in [-0.1, -0.05) is 23.7 Å². The molecule has 1 amide bonds. The molecule has 1 unspecified atom stereocenters. The second kappa shape index (κ2) is 9.66. The highest BCUT2D eigenvalue weighted by molar-refractivity contribution is 6.30. The van der Waals surface area contributed by atoms with E-state index >= 15 is 0 Å². The normalized spacial score (nSPS) is 19.8. The van der Waals surface area contributed by atoms with Crippen LogP contribution in [0.25, 0.3) is 0 Å². The van der Waals surface area contributed by atoms with Gasteiger partial charge < -0.3 is 19.2 Å². The van der Waals surface area contributed by atoms with Crippen LogP contribution in [0.5, 0.6) is 0 Å². The minimum atomic E-state index is -0.710. The molecule has 1 fully saturated rings. The SMILES string of the molecule is Cl.O=C(C1=C(O)C(=O)N(CCN2CCOCC2)C1c1ccc(Cl)cc1)c1ccco1. The first-order valence-corrected chi connectivity index (χ1v) is 9.82. The van der Waals surface area contributed by atoms with Gasteiger partial charge in [0.2, 0.25) is 5.78 Å². The van der Waals surface area contributed by atoms with E-state index in [2.05, 4.69) is 4.90 Å². The molecule has 160 valence electrons. The Morgan fingerprint density at radius 1 is 1.13 bits per heavy atom. The fraction of sp³-hybridized carbons (Fsp3) is 0.333. The molecule has 0 bridgehead atoms. The number of carbonyl (C=O) groups excluding carboxylic acids is 2. The van der Waals surface area contributed by atoms with Gasteiger partial charge in [-0.15, -0.1) is 12.4 Å². The predicted molar refractivity (Wildman–Crippen MR) is 113 cm³/mol. The third-order valence-electron chi connectivity index (χ3n) is 5.24. The lowest BCUT2D eigenvalue weighted by atomic mass is 9.95. The smallest absolute Gasteiger partial charge is 0.290 e. The monoisotopic (exact) mass is 452 g/mol. The van der Waals surface area contributed by atoms with Crippen LogP contribution in [0, 0.1) is 0 Å². The minimum Gasteiger partial charge on any atom is -0.503 e. The molecule has 1 aromatic heterocycles. The molecule has 1 N–H and O–H groups in total.